The Morgan fingerprint density at radius 2 is 2.00 bits per heavy atom. The summed E-state index contributed by atoms with van der Waals surface area (Å²) in [6.07, 6.45) is 1.46. The highest BCUT2D eigenvalue weighted by Crippen LogP contribution is 2.25. The van der Waals surface area contributed by atoms with Gasteiger partial charge in [-0.25, -0.2) is 0 Å². The third kappa shape index (κ3) is 2.67. The number of aliphatic hydroxyl groups excluding tert-OH is 1. The van der Waals surface area contributed by atoms with Crippen molar-refractivity contribution in [1.82, 2.24) is 0 Å². The van der Waals surface area contributed by atoms with Crippen LogP contribution in [0.2, 0.25) is 0 Å². The van der Waals surface area contributed by atoms with E-state index < -0.39 is 0 Å². The first-order chi connectivity index (χ1) is 4.54. The van der Waals surface area contributed by atoms with Crippen molar-refractivity contribution in [2.75, 3.05) is 6.54 Å². The number of nitrogens with two attached hydrogens (primary N) is 1. The van der Waals surface area contributed by atoms with E-state index in [2.05, 4.69) is 20.8 Å². The van der Waals surface area contributed by atoms with E-state index in [0.29, 0.717) is 13.0 Å². The van der Waals surface area contributed by atoms with Gasteiger partial charge in [-0.2, -0.15) is 0 Å². The van der Waals surface area contributed by atoms with Crippen molar-refractivity contribution >= 4 is 0 Å². The monoisotopic (exact) mass is 145 g/mol. The van der Waals surface area contributed by atoms with Gasteiger partial charge in [-0.15, -0.1) is 0 Å². The Kier molecular flexibility index (Phi) is 3.91. The highest BCUT2D eigenvalue weighted by atomic mass is 16.3. The van der Waals surface area contributed by atoms with E-state index in [1.54, 1.807) is 0 Å². The molecular formula is C8H19NO. The summed E-state index contributed by atoms with van der Waals surface area (Å²) in [4.78, 5) is 0. The van der Waals surface area contributed by atoms with Gasteiger partial charge >= 0.3 is 0 Å². The second kappa shape index (κ2) is 3.94. The van der Waals surface area contributed by atoms with Crippen molar-refractivity contribution in [3.8, 4) is 0 Å². The number of aliphatic hydroxyl groups is 1. The van der Waals surface area contributed by atoms with Gasteiger partial charge in [0, 0.05) is 0 Å². The molecule has 0 aromatic carbocycles. The Hall–Kier alpha value is -0.0800. The molecule has 0 aliphatic heterocycles. The molecule has 0 aromatic rings. The first kappa shape index (κ1) is 9.92. The van der Waals surface area contributed by atoms with Gasteiger partial charge in [0.2, 0.25) is 0 Å². The van der Waals surface area contributed by atoms with Crippen LogP contribution in [0.25, 0.3) is 0 Å². The second-order valence-corrected chi connectivity index (χ2v) is 3.44. The van der Waals surface area contributed by atoms with Crippen LogP contribution in [0, 0.1) is 5.41 Å². The lowest BCUT2D eigenvalue weighted by molar-refractivity contribution is 0.0426. The minimum atomic E-state index is -0.248. The van der Waals surface area contributed by atoms with Crippen LogP contribution in [0.5, 0.6) is 0 Å². The summed E-state index contributed by atoms with van der Waals surface area (Å²) in [5.74, 6) is 0. The van der Waals surface area contributed by atoms with Gasteiger partial charge < -0.3 is 10.8 Å². The Labute approximate surface area is 63.4 Å². The van der Waals surface area contributed by atoms with E-state index in [1.807, 2.05) is 0 Å². The topological polar surface area (TPSA) is 46.2 Å². The minimum absolute atomic E-state index is 0.0272. The van der Waals surface area contributed by atoms with E-state index in [4.69, 9.17) is 5.73 Å². The molecule has 0 heterocycles. The smallest absolute Gasteiger partial charge is 0.0603 e. The first-order valence-electron chi connectivity index (χ1n) is 3.92. The van der Waals surface area contributed by atoms with Crippen LogP contribution in [0.1, 0.15) is 33.6 Å². The van der Waals surface area contributed by atoms with Crippen LogP contribution >= 0.6 is 0 Å². The Morgan fingerprint density at radius 3 is 2.30 bits per heavy atom. The van der Waals surface area contributed by atoms with Crippen molar-refractivity contribution in [2.45, 2.75) is 39.7 Å². The second-order valence-electron chi connectivity index (χ2n) is 3.44. The molecule has 0 saturated heterocycles. The van der Waals surface area contributed by atoms with Crippen molar-refractivity contribution < 1.29 is 5.11 Å². The third-order valence-electron chi connectivity index (χ3n) is 2.25. The van der Waals surface area contributed by atoms with Gasteiger partial charge in [0.25, 0.3) is 0 Å². The summed E-state index contributed by atoms with van der Waals surface area (Å²) in [5.41, 5.74) is 5.35. The molecule has 3 N–H and O–H groups in total. The zero-order valence-corrected chi connectivity index (χ0v) is 7.22. The fourth-order valence-corrected chi connectivity index (χ4v) is 0.784. The lowest BCUT2D eigenvalue weighted by Gasteiger charge is -2.28. The normalized spacial score (nSPS) is 15.3. The van der Waals surface area contributed by atoms with E-state index in [9.17, 15) is 5.11 Å². The summed E-state index contributed by atoms with van der Waals surface area (Å²) in [6.45, 7) is 6.78. The molecular weight excluding hydrogens is 126 g/mol. The highest BCUT2D eigenvalue weighted by Gasteiger charge is 2.24. The lowest BCUT2D eigenvalue weighted by atomic mass is 9.82. The summed E-state index contributed by atoms with van der Waals surface area (Å²) in [7, 11) is 0. The van der Waals surface area contributed by atoms with E-state index >= 15 is 0 Å². The molecule has 0 aliphatic carbocycles. The fraction of sp³-hybridized carbons (Fsp3) is 1.00. The standard InChI is InChI=1S/C8H19NO/c1-4-8(2,3)7(10)5-6-9/h7,10H,4-6,9H2,1-3H3/t7-/m1/s1. The molecule has 0 saturated carbocycles. The van der Waals surface area contributed by atoms with Crippen LogP contribution in [0.4, 0.5) is 0 Å². The predicted octanol–water partition coefficient (Wildman–Crippen LogP) is 1.13. The van der Waals surface area contributed by atoms with E-state index in [1.165, 1.54) is 0 Å². The summed E-state index contributed by atoms with van der Waals surface area (Å²) in [6, 6.07) is 0. The highest BCUT2D eigenvalue weighted by molar-refractivity contribution is 4.75. The Morgan fingerprint density at radius 1 is 1.50 bits per heavy atom. The van der Waals surface area contributed by atoms with Crippen LogP contribution in [0.15, 0.2) is 0 Å². The fourth-order valence-electron chi connectivity index (χ4n) is 0.784. The third-order valence-corrected chi connectivity index (χ3v) is 2.25. The molecule has 0 rings (SSSR count). The molecule has 0 spiro atoms. The quantitative estimate of drug-likeness (QED) is 0.623. The van der Waals surface area contributed by atoms with Crippen LogP contribution in [0.3, 0.4) is 0 Å². The van der Waals surface area contributed by atoms with Crippen LogP contribution < -0.4 is 5.73 Å². The molecule has 0 amide bonds. The van der Waals surface area contributed by atoms with Crippen molar-refractivity contribution in [3.63, 3.8) is 0 Å². The Bertz CT molecular complexity index is 91.3. The minimum Gasteiger partial charge on any atom is -0.393 e. The number of hydrogen-bond acceptors (Lipinski definition) is 2. The van der Waals surface area contributed by atoms with Gasteiger partial charge in [0.15, 0.2) is 0 Å². The lowest BCUT2D eigenvalue weighted by Crippen LogP contribution is -2.30. The molecule has 10 heavy (non-hydrogen) atoms. The van der Waals surface area contributed by atoms with Crippen molar-refractivity contribution in [2.24, 2.45) is 11.1 Å². The molecule has 0 aliphatic rings. The maximum Gasteiger partial charge on any atom is 0.0603 e. The number of rotatable bonds is 4. The molecule has 0 aromatic heterocycles. The van der Waals surface area contributed by atoms with Crippen LogP contribution in [-0.2, 0) is 0 Å². The molecule has 2 nitrogen and oxygen atoms in total. The summed E-state index contributed by atoms with van der Waals surface area (Å²) >= 11 is 0. The molecule has 0 unspecified atom stereocenters. The maximum absolute atomic E-state index is 9.50. The van der Waals surface area contributed by atoms with E-state index in [-0.39, 0.29) is 11.5 Å². The molecule has 0 fully saturated rings. The predicted molar refractivity (Wildman–Crippen MR) is 43.8 cm³/mol. The zero-order chi connectivity index (χ0) is 8.20. The maximum atomic E-state index is 9.50. The summed E-state index contributed by atoms with van der Waals surface area (Å²) in [5, 5.41) is 9.50. The van der Waals surface area contributed by atoms with Gasteiger partial charge in [-0.05, 0) is 24.8 Å². The zero-order valence-electron chi connectivity index (χ0n) is 7.22. The first-order valence-corrected chi connectivity index (χ1v) is 3.92. The van der Waals surface area contributed by atoms with Gasteiger partial charge in [-0.1, -0.05) is 20.8 Å². The molecule has 62 valence electrons. The molecule has 2 heteroatoms. The largest absolute Gasteiger partial charge is 0.393 e. The van der Waals surface area contributed by atoms with Crippen LogP contribution in [-0.4, -0.2) is 17.8 Å². The van der Waals surface area contributed by atoms with Gasteiger partial charge in [0.05, 0.1) is 6.10 Å². The Balaban J connectivity index is 3.78. The average molecular weight is 145 g/mol. The summed E-state index contributed by atoms with van der Waals surface area (Å²) < 4.78 is 0. The molecule has 1 atom stereocenters. The van der Waals surface area contributed by atoms with E-state index in [0.717, 1.165) is 6.42 Å². The van der Waals surface area contributed by atoms with Gasteiger partial charge in [0.1, 0.15) is 0 Å². The average Bonchev–Trinajstić information content (AvgIpc) is 1.89. The van der Waals surface area contributed by atoms with Gasteiger partial charge in [-0.3, -0.25) is 0 Å². The van der Waals surface area contributed by atoms with Crippen molar-refractivity contribution in [1.29, 1.82) is 0 Å². The molecule has 0 bridgehead atoms. The molecule has 0 radical (unpaired) electrons. The SMILES string of the molecule is CCC(C)(C)[C@H](O)CCN. The van der Waals surface area contributed by atoms with Crippen molar-refractivity contribution in [3.05, 3.63) is 0 Å². The number of hydrogen-bond donors (Lipinski definition) is 2.